The molecule has 0 aromatic rings. The highest BCUT2D eigenvalue weighted by atomic mass is 32.2. The molecular weight excluding hydrogens is 230 g/mol. The van der Waals surface area contributed by atoms with E-state index < -0.39 is 0 Å². The first-order valence-corrected chi connectivity index (χ1v) is 7.69. The van der Waals surface area contributed by atoms with Gasteiger partial charge in [-0.05, 0) is 25.8 Å². The molecule has 100 valence electrons. The van der Waals surface area contributed by atoms with Crippen LogP contribution in [-0.4, -0.2) is 41.4 Å². The largest absolute Gasteiger partial charge is 0.387 e. The minimum Gasteiger partial charge on any atom is -0.387 e. The van der Waals surface area contributed by atoms with E-state index in [1.54, 1.807) is 0 Å². The highest BCUT2D eigenvalue weighted by Gasteiger charge is 2.23. The summed E-state index contributed by atoms with van der Waals surface area (Å²) >= 11 is 2.12. The molecule has 3 N–H and O–H groups in total. The van der Waals surface area contributed by atoms with Crippen LogP contribution in [0, 0.1) is 10.8 Å². The van der Waals surface area contributed by atoms with E-state index in [-0.39, 0.29) is 5.41 Å². The molecule has 1 heterocycles. The second-order valence-electron chi connectivity index (χ2n) is 5.60. The molecule has 1 unspecified atom stereocenters. The lowest BCUT2D eigenvalue weighted by Crippen LogP contribution is -2.39. The third-order valence-electron chi connectivity index (χ3n) is 3.68. The molecule has 0 aromatic carbocycles. The van der Waals surface area contributed by atoms with Crippen LogP contribution in [0.15, 0.2) is 0 Å². The second-order valence-corrected chi connectivity index (χ2v) is 7.01. The summed E-state index contributed by atoms with van der Waals surface area (Å²) in [5, 5.41) is 8.37. The van der Waals surface area contributed by atoms with Crippen molar-refractivity contribution in [1.29, 1.82) is 5.41 Å². The Morgan fingerprint density at radius 3 is 2.82 bits per heavy atom. The zero-order valence-electron chi connectivity index (χ0n) is 11.5. The normalized spacial score (nSPS) is 22.6. The summed E-state index contributed by atoms with van der Waals surface area (Å²) in [6.45, 7) is 10.0. The zero-order chi connectivity index (χ0) is 12.9. The van der Waals surface area contributed by atoms with E-state index in [1.165, 1.54) is 25.3 Å². The van der Waals surface area contributed by atoms with Gasteiger partial charge in [-0.1, -0.05) is 20.8 Å². The van der Waals surface area contributed by atoms with Gasteiger partial charge in [0.15, 0.2) is 0 Å². The van der Waals surface area contributed by atoms with Crippen LogP contribution in [0.5, 0.6) is 0 Å². The van der Waals surface area contributed by atoms with Gasteiger partial charge < -0.3 is 10.6 Å². The summed E-state index contributed by atoms with van der Waals surface area (Å²) in [5.41, 5.74) is 5.47. The molecule has 17 heavy (non-hydrogen) atoms. The lowest BCUT2D eigenvalue weighted by molar-refractivity contribution is 0.264. The van der Waals surface area contributed by atoms with Crippen molar-refractivity contribution in [2.75, 3.05) is 25.4 Å². The maximum absolute atomic E-state index is 7.54. The standard InChI is InChI=1S/C13H27N3S/c1-4-11-10-16(8-9-17-11)7-5-6-13(2,3)12(14)15/h11H,4-10H2,1-3H3,(H3,14,15). The molecule has 1 saturated heterocycles. The van der Waals surface area contributed by atoms with Gasteiger partial charge in [-0.3, -0.25) is 5.41 Å². The van der Waals surface area contributed by atoms with Crippen LogP contribution in [0.2, 0.25) is 0 Å². The highest BCUT2D eigenvalue weighted by Crippen LogP contribution is 2.24. The van der Waals surface area contributed by atoms with Gasteiger partial charge in [0, 0.05) is 29.5 Å². The Bertz CT molecular complexity index is 253. The summed E-state index contributed by atoms with van der Waals surface area (Å²) in [5.74, 6) is 1.59. The van der Waals surface area contributed by atoms with Crippen molar-refractivity contribution >= 4 is 17.6 Å². The van der Waals surface area contributed by atoms with Gasteiger partial charge in [0.25, 0.3) is 0 Å². The predicted molar refractivity (Wildman–Crippen MR) is 77.9 cm³/mol. The number of hydrogen-bond acceptors (Lipinski definition) is 3. The molecular formula is C13H27N3S. The van der Waals surface area contributed by atoms with Crippen molar-refractivity contribution in [2.24, 2.45) is 11.1 Å². The Morgan fingerprint density at radius 2 is 2.24 bits per heavy atom. The van der Waals surface area contributed by atoms with Crippen molar-refractivity contribution in [3.05, 3.63) is 0 Å². The monoisotopic (exact) mass is 257 g/mol. The molecule has 0 radical (unpaired) electrons. The van der Waals surface area contributed by atoms with Crippen molar-refractivity contribution in [3.63, 3.8) is 0 Å². The summed E-state index contributed by atoms with van der Waals surface area (Å²) in [4.78, 5) is 2.57. The molecule has 0 aromatic heterocycles. The molecule has 0 bridgehead atoms. The van der Waals surface area contributed by atoms with Crippen LogP contribution in [0.1, 0.15) is 40.0 Å². The average molecular weight is 257 g/mol. The first kappa shape index (κ1) is 14.8. The van der Waals surface area contributed by atoms with Crippen LogP contribution >= 0.6 is 11.8 Å². The minimum atomic E-state index is -0.130. The molecule has 1 aliphatic rings. The molecule has 1 aliphatic heterocycles. The number of hydrogen-bond donors (Lipinski definition) is 2. The number of amidine groups is 1. The number of thioether (sulfide) groups is 1. The van der Waals surface area contributed by atoms with Gasteiger partial charge in [0.1, 0.15) is 0 Å². The molecule has 1 fully saturated rings. The summed E-state index contributed by atoms with van der Waals surface area (Å²) in [7, 11) is 0. The van der Waals surface area contributed by atoms with Gasteiger partial charge in [-0.2, -0.15) is 11.8 Å². The van der Waals surface area contributed by atoms with Crippen LogP contribution in [0.25, 0.3) is 0 Å². The Labute approximate surface area is 110 Å². The van der Waals surface area contributed by atoms with Crippen LogP contribution in [0.4, 0.5) is 0 Å². The van der Waals surface area contributed by atoms with Crippen LogP contribution in [-0.2, 0) is 0 Å². The summed E-state index contributed by atoms with van der Waals surface area (Å²) < 4.78 is 0. The SMILES string of the molecule is CCC1CN(CCCC(C)(C)C(=N)N)CCS1. The first-order valence-electron chi connectivity index (χ1n) is 6.64. The number of nitrogens with two attached hydrogens (primary N) is 1. The van der Waals surface area contributed by atoms with Crippen molar-refractivity contribution in [3.8, 4) is 0 Å². The van der Waals surface area contributed by atoms with Crippen molar-refractivity contribution in [1.82, 2.24) is 4.90 Å². The maximum Gasteiger partial charge on any atom is 0.0963 e. The molecule has 1 atom stereocenters. The molecule has 0 saturated carbocycles. The molecule has 3 nitrogen and oxygen atoms in total. The fourth-order valence-electron chi connectivity index (χ4n) is 2.11. The number of nitrogens with one attached hydrogen (secondary N) is 1. The minimum absolute atomic E-state index is 0.130. The number of nitrogens with zero attached hydrogens (tertiary/aromatic N) is 1. The van der Waals surface area contributed by atoms with Crippen LogP contribution in [0.3, 0.4) is 0 Å². The highest BCUT2D eigenvalue weighted by molar-refractivity contribution is 8.00. The third kappa shape index (κ3) is 4.88. The molecule has 0 aliphatic carbocycles. The number of rotatable bonds is 6. The summed E-state index contributed by atoms with van der Waals surface area (Å²) in [6, 6.07) is 0. The van der Waals surface area contributed by atoms with E-state index in [2.05, 4.69) is 37.4 Å². The van der Waals surface area contributed by atoms with E-state index in [0.717, 1.165) is 24.6 Å². The van der Waals surface area contributed by atoms with Gasteiger partial charge >= 0.3 is 0 Å². The molecule has 0 spiro atoms. The van der Waals surface area contributed by atoms with Gasteiger partial charge in [-0.25, -0.2) is 0 Å². The molecule has 1 rings (SSSR count). The Morgan fingerprint density at radius 1 is 1.53 bits per heavy atom. The van der Waals surface area contributed by atoms with E-state index in [9.17, 15) is 0 Å². The van der Waals surface area contributed by atoms with Gasteiger partial charge in [0.05, 0.1) is 5.84 Å². The Kier molecular flexibility index (Phi) is 5.80. The van der Waals surface area contributed by atoms with Gasteiger partial charge in [0.2, 0.25) is 0 Å². The second kappa shape index (κ2) is 6.64. The summed E-state index contributed by atoms with van der Waals surface area (Å²) in [6.07, 6.45) is 3.44. The molecule has 0 amide bonds. The Balaban J connectivity index is 2.24. The van der Waals surface area contributed by atoms with E-state index >= 15 is 0 Å². The smallest absolute Gasteiger partial charge is 0.0963 e. The van der Waals surface area contributed by atoms with E-state index in [4.69, 9.17) is 11.1 Å². The zero-order valence-corrected chi connectivity index (χ0v) is 12.3. The van der Waals surface area contributed by atoms with Gasteiger partial charge in [-0.15, -0.1) is 0 Å². The quantitative estimate of drug-likeness (QED) is 0.568. The van der Waals surface area contributed by atoms with E-state index in [1.807, 2.05) is 0 Å². The fraction of sp³-hybridized carbons (Fsp3) is 0.923. The first-order chi connectivity index (χ1) is 7.95. The third-order valence-corrected chi connectivity index (χ3v) is 5.06. The molecule has 4 heteroatoms. The van der Waals surface area contributed by atoms with E-state index in [0.29, 0.717) is 5.84 Å². The average Bonchev–Trinajstić information content (AvgIpc) is 2.29. The lowest BCUT2D eigenvalue weighted by Gasteiger charge is -2.32. The topological polar surface area (TPSA) is 53.1 Å². The fourth-order valence-corrected chi connectivity index (χ4v) is 3.36. The van der Waals surface area contributed by atoms with Crippen molar-refractivity contribution in [2.45, 2.75) is 45.3 Å². The predicted octanol–water partition coefficient (Wildman–Crippen LogP) is 2.56. The Hall–Kier alpha value is -0.220. The lowest BCUT2D eigenvalue weighted by atomic mass is 9.86. The maximum atomic E-state index is 7.54. The van der Waals surface area contributed by atoms with Crippen LogP contribution < -0.4 is 5.73 Å². The van der Waals surface area contributed by atoms with Crippen molar-refractivity contribution < 1.29 is 0 Å².